The molecule has 2 aromatic rings. The van der Waals surface area contributed by atoms with Crippen LogP contribution in [0.4, 0.5) is 14.5 Å². The van der Waals surface area contributed by atoms with Crippen LogP contribution in [0, 0.1) is 21.7 Å². The maximum atomic E-state index is 14.0. The van der Waals surface area contributed by atoms with E-state index in [1.165, 1.54) is 0 Å². The van der Waals surface area contributed by atoms with Crippen LogP contribution in [0.15, 0.2) is 12.1 Å². The van der Waals surface area contributed by atoms with Crippen LogP contribution in [0.2, 0.25) is 0 Å². The Hall–Kier alpha value is -2.00. The minimum Gasteiger partial charge on any atom is -0.330 e. The molecular weight excluding hydrogens is 290 g/mol. The summed E-state index contributed by atoms with van der Waals surface area (Å²) in [5.41, 5.74) is 4.05. The molecule has 106 valence electrons. The van der Waals surface area contributed by atoms with Crippen molar-refractivity contribution in [2.45, 2.75) is 12.8 Å². The first-order chi connectivity index (χ1) is 9.54. The van der Waals surface area contributed by atoms with E-state index in [9.17, 15) is 18.9 Å². The third kappa shape index (κ3) is 2.78. The molecule has 0 aliphatic carbocycles. The zero-order valence-electron chi connectivity index (χ0n) is 10.2. The van der Waals surface area contributed by atoms with Crippen LogP contribution in [0.1, 0.15) is 11.4 Å². The van der Waals surface area contributed by atoms with Gasteiger partial charge in [-0.05, 0) is 19.0 Å². The Morgan fingerprint density at radius 2 is 2.10 bits per heavy atom. The number of hydrogen-bond acceptors (Lipinski definition) is 6. The minimum absolute atomic E-state index is 0.0179. The fraction of sp³-hybridized carbons (Fsp3) is 0.273. The molecule has 0 amide bonds. The highest BCUT2D eigenvalue weighted by atomic mass is 32.1. The topological polar surface area (TPSA) is 94.9 Å². The Morgan fingerprint density at radius 1 is 1.35 bits per heavy atom. The van der Waals surface area contributed by atoms with Crippen molar-refractivity contribution in [3.8, 4) is 10.6 Å². The van der Waals surface area contributed by atoms with E-state index in [1.54, 1.807) is 0 Å². The van der Waals surface area contributed by atoms with Crippen LogP contribution in [0.3, 0.4) is 0 Å². The maximum Gasteiger partial charge on any atom is 0.305 e. The summed E-state index contributed by atoms with van der Waals surface area (Å²) in [4.78, 5) is 9.75. The van der Waals surface area contributed by atoms with Crippen molar-refractivity contribution >= 4 is 17.0 Å². The summed E-state index contributed by atoms with van der Waals surface area (Å²) in [6.45, 7) is 0.467. The third-order valence-electron chi connectivity index (χ3n) is 2.54. The highest BCUT2D eigenvalue weighted by molar-refractivity contribution is 7.14. The van der Waals surface area contributed by atoms with Crippen LogP contribution in [0.5, 0.6) is 0 Å². The lowest BCUT2D eigenvalue weighted by Crippen LogP contribution is -1.99. The van der Waals surface area contributed by atoms with E-state index >= 15 is 0 Å². The quantitative estimate of drug-likeness (QED) is 0.675. The molecule has 0 saturated carbocycles. The lowest BCUT2D eigenvalue weighted by Gasteiger charge is -2.01. The maximum absolute atomic E-state index is 14.0. The Bertz CT molecular complexity index is 647. The smallest absolute Gasteiger partial charge is 0.305 e. The molecule has 6 nitrogen and oxygen atoms in total. The Kier molecular flexibility index (Phi) is 4.30. The normalized spacial score (nSPS) is 10.8. The summed E-state index contributed by atoms with van der Waals surface area (Å²) in [6, 6.07) is 1.63. The molecule has 1 heterocycles. The van der Waals surface area contributed by atoms with E-state index in [0.29, 0.717) is 24.4 Å². The first-order valence-electron chi connectivity index (χ1n) is 5.69. The van der Waals surface area contributed by atoms with Gasteiger partial charge in [0.2, 0.25) is 5.82 Å². The van der Waals surface area contributed by atoms with Crippen LogP contribution in [0.25, 0.3) is 10.6 Å². The summed E-state index contributed by atoms with van der Waals surface area (Å²) in [6.07, 6.45) is 1.22. The molecule has 0 aliphatic heterocycles. The second kappa shape index (κ2) is 5.97. The molecule has 9 heteroatoms. The van der Waals surface area contributed by atoms with Gasteiger partial charge < -0.3 is 5.73 Å². The predicted molar refractivity (Wildman–Crippen MR) is 69.3 cm³/mol. The molecule has 0 atom stereocenters. The van der Waals surface area contributed by atoms with Crippen molar-refractivity contribution in [3.05, 3.63) is 38.9 Å². The molecule has 1 aromatic carbocycles. The molecule has 1 aromatic heterocycles. The van der Waals surface area contributed by atoms with Gasteiger partial charge in [-0.2, -0.15) is 4.39 Å². The van der Waals surface area contributed by atoms with Crippen LogP contribution in [-0.2, 0) is 6.42 Å². The second-order valence-electron chi connectivity index (χ2n) is 3.91. The Balaban J connectivity index is 2.44. The van der Waals surface area contributed by atoms with Crippen molar-refractivity contribution in [2.24, 2.45) is 5.73 Å². The molecule has 2 N–H and O–H groups in total. The second-order valence-corrected chi connectivity index (χ2v) is 4.97. The Labute approximate surface area is 116 Å². The number of nitro benzene ring substituents is 1. The van der Waals surface area contributed by atoms with E-state index in [2.05, 4.69) is 10.2 Å². The van der Waals surface area contributed by atoms with E-state index < -0.39 is 27.8 Å². The van der Waals surface area contributed by atoms with Gasteiger partial charge in [0, 0.05) is 12.5 Å². The van der Waals surface area contributed by atoms with Crippen LogP contribution in [-0.4, -0.2) is 21.7 Å². The number of nitrogens with zero attached hydrogens (tertiary/aromatic N) is 3. The summed E-state index contributed by atoms with van der Waals surface area (Å²) in [5.74, 6) is -2.15. The SMILES string of the molecule is NCCCc1nnc(-c2c(F)ccc([N+](=O)[O-])c2F)s1. The zero-order valence-corrected chi connectivity index (χ0v) is 11.0. The van der Waals surface area contributed by atoms with Gasteiger partial charge in [0.15, 0.2) is 5.01 Å². The van der Waals surface area contributed by atoms with Crippen molar-refractivity contribution in [1.29, 1.82) is 0 Å². The number of aromatic nitrogens is 2. The van der Waals surface area contributed by atoms with Crippen LogP contribution < -0.4 is 5.73 Å². The number of nitro groups is 1. The summed E-state index contributed by atoms with van der Waals surface area (Å²) in [5, 5.41) is 18.7. The summed E-state index contributed by atoms with van der Waals surface area (Å²) >= 11 is 0.994. The highest BCUT2D eigenvalue weighted by Gasteiger charge is 2.24. The average molecular weight is 300 g/mol. The number of aryl methyl sites for hydroxylation is 1. The number of nitrogens with two attached hydrogens (primary N) is 1. The molecule has 0 aliphatic rings. The molecule has 20 heavy (non-hydrogen) atoms. The first-order valence-corrected chi connectivity index (χ1v) is 6.51. The molecule has 0 spiro atoms. The van der Waals surface area contributed by atoms with E-state index in [4.69, 9.17) is 5.73 Å². The fourth-order valence-corrected chi connectivity index (χ4v) is 2.51. The molecule has 0 radical (unpaired) electrons. The number of rotatable bonds is 5. The lowest BCUT2D eigenvalue weighted by atomic mass is 10.2. The van der Waals surface area contributed by atoms with Crippen molar-refractivity contribution in [1.82, 2.24) is 10.2 Å². The monoisotopic (exact) mass is 300 g/mol. The van der Waals surface area contributed by atoms with Crippen molar-refractivity contribution < 1.29 is 13.7 Å². The van der Waals surface area contributed by atoms with Gasteiger partial charge in [0.25, 0.3) is 0 Å². The molecule has 2 rings (SSSR count). The highest BCUT2D eigenvalue weighted by Crippen LogP contribution is 2.33. The number of halogens is 2. The molecule has 0 bridgehead atoms. The average Bonchev–Trinajstić information content (AvgIpc) is 2.84. The standard InChI is InChI=1S/C11H10F2N4O2S/c12-6-3-4-7(17(18)19)10(13)9(6)11-16-15-8(20-11)2-1-5-14/h3-4H,1-2,5,14H2. The lowest BCUT2D eigenvalue weighted by molar-refractivity contribution is -0.387. The first kappa shape index (κ1) is 14.4. The van der Waals surface area contributed by atoms with Gasteiger partial charge in [0.05, 0.1) is 10.5 Å². The van der Waals surface area contributed by atoms with Gasteiger partial charge in [-0.25, -0.2) is 4.39 Å². The van der Waals surface area contributed by atoms with Gasteiger partial charge in [-0.3, -0.25) is 10.1 Å². The largest absolute Gasteiger partial charge is 0.330 e. The predicted octanol–water partition coefficient (Wildman–Crippen LogP) is 2.28. The zero-order chi connectivity index (χ0) is 14.7. The molecular formula is C11H10F2N4O2S. The number of benzene rings is 1. The van der Waals surface area contributed by atoms with Gasteiger partial charge in [-0.15, -0.1) is 10.2 Å². The van der Waals surface area contributed by atoms with Crippen molar-refractivity contribution in [2.75, 3.05) is 6.54 Å². The van der Waals surface area contributed by atoms with Crippen molar-refractivity contribution in [3.63, 3.8) is 0 Å². The summed E-state index contributed by atoms with van der Waals surface area (Å²) < 4.78 is 27.7. The Morgan fingerprint density at radius 3 is 2.75 bits per heavy atom. The van der Waals surface area contributed by atoms with Gasteiger partial charge in [0.1, 0.15) is 10.8 Å². The fourth-order valence-electron chi connectivity index (χ4n) is 1.59. The molecule has 0 unspecified atom stereocenters. The molecule has 0 fully saturated rings. The minimum atomic E-state index is -1.24. The summed E-state index contributed by atoms with van der Waals surface area (Å²) in [7, 11) is 0. The van der Waals surface area contributed by atoms with E-state index in [1.807, 2.05) is 0 Å². The van der Waals surface area contributed by atoms with Crippen LogP contribution >= 0.6 is 11.3 Å². The third-order valence-corrected chi connectivity index (χ3v) is 3.54. The molecule has 0 saturated heterocycles. The number of hydrogen-bond donors (Lipinski definition) is 1. The van der Waals surface area contributed by atoms with E-state index in [-0.39, 0.29) is 5.01 Å². The van der Waals surface area contributed by atoms with Gasteiger partial charge in [-0.1, -0.05) is 11.3 Å². The van der Waals surface area contributed by atoms with E-state index in [0.717, 1.165) is 23.5 Å². The van der Waals surface area contributed by atoms with Gasteiger partial charge >= 0.3 is 5.69 Å².